The van der Waals surface area contributed by atoms with E-state index in [0.29, 0.717) is 0 Å². The van der Waals surface area contributed by atoms with Crippen LogP contribution in [0.1, 0.15) is 0 Å². The van der Waals surface area contributed by atoms with E-state index in [1.807, 2.05) is 42.7 Å². The lowest BCUT2D eigenvalue weighted by molar-refractivity contribution is 1.08. The van der Waals surface area contributed by atoms with Crippen molar-refractivity contribution in [2.24, 2.45) is 0 Å². The molecule has 0 N–H and O–H groups in total. The van der Waals surface area contributed by atoms with E-state index in [2.05, 4.69) is 112 Å². The molecule has 0 bridgehead atoms. The number of fused-ring (bicyclic) bond motifs is 9. The van der Waals surface area contributed by atoms with Gasteiger partial charge in [0.25, 0.3) is 0 Å². The molecule has 0 aliphatic heterocycles. The molecule has 42 heavy (non-hydrogen) atoms. The van der Waals surface area contributed by atoms with Crippen molar-refractivity contribution in [2.45, 2.75) is 0 Å². The third kappa shape index (κ3) is 3.23. The average Bonchev–Trinajstić information content (AvgIpc) is 3.59. The molecule has 0 spiro atoms. The van der Waals surface area contributed by atoms with Gasteiger partial charge in [0.15, 0.2) is 5.82 Å². The highest BCUT2D eigenvalue weighted by molar-refractivity contribution is 6.29. The zero-order valence-electron chi connectivity index (χ0n) is 22.6. The van der Waals surface area contributed by atoms with Gasteiger partial charge in [0.1, 0.15) is 0 Å². The van der Waals surface area contributed by atoms with Crippen LogP contribution in [0, 0.1) is 0 Å². The maximum Gasteiger partial charge on any atom is 0.159 e. The lowest BCUT2D eigenvalue weighted by Crippen LogP contribution is -1.97. The van der Waals surface area contributed by atoms with Crippen molar-refractivity contribution in [1.82, 2.24) is 19.1 Å². The van der Waals surface area contributed by atoms with Crippen LogP contribution in [0.15, 0.2) is 146 Å². The molecule has 196 valence electrons. The van der Waals surface area contributed by atoms with Crippen molar-refractivity contribution in [3.63, 3.8) is 0 Å². The van der Waals surface area contributed by atoms with E-state index >= 15 is 0 Å². The van der Waals surface area contributed by atoms with Crippen molar-refractivity contribution >= 4 is 54.4 Å². The number of nitrogens with zero attached hydrogens (tertiary/aromatic N) is 4. The highest BCUT2D eigenvalue weighted by Gasteiger charge is 2.19. The number of rotatable bonds is 3. The summed E-state index contributed by atoms with van der Waals surface area (Å²) in [6.45, 7) is 0. The Kier molecular flexibility index (Phi) is 4.87. The van der Waals surface area contributed by atoms with E-state index in [1.165, 1.54) is 49.0 Å². The fourth-order valence-electron chi connectivity index (χ4n) is 6.65. The van der Waals surface area contributed by atoms with Crippen molar-refractivity contribution < 1.29 is 0 Å². The lowest BCUT2D eigenvalue weighted by atomic mass is 9.99. The van der Waals surface area contributed by atoms with Crippen LogP contribution in [0.25, 0.3) is 77.1 Å². The van der Waals surface area contributed by atoms with Crippen LogP contribution in [0.5, 0.6) is 0 Å². The van der Waals surface area contributed by atoms with Crippen molar-refractivity contribution in [2.75, 3.05) is 0 Å². The monoisotopic (exact) mass is 536 g/mol. The number of para-hydroxylation sites is 3. The quantitative estimate of drug-likeness (QED) is 0.225. The summed E-state index contributed by atoms with van der Waals surface area (Å²) in [4.78, 5) is 9.51. The molecule has 3 aromatic heterocycles. The molecule has 9 aromatic rings. The van der Waals surface area contributed by atoms with Gasteiger partial charge in [-0.15, -0.1) is 0 Å². The van der Waals surface area contributed by atoms with E-state index < -0.39 is 0 Å². The van der Waals surface area contributed by atoms with Crippen LogP contribution >= 0.6 is 0 Å². The standard InChI is InChI=1S/C38H24N4/c1-3-11-25(12-4-1)38-39-23-27(24-40-38)42-33-18-10-8-16-31(33)37-29-19-21-34-36(28(29)20-22-35(37)42)30-15-7-9-17-32(30)41(34)26-13-5-2-6-14-26/h1-24H. The van der Waals surface area contributed by atoms with Gasteiger partial charge in [-0.05, 0) is 47.2 Å². The third-order valence-corrected chi connectivity index (χ3v) is 8.41. The second-order valence-electron chi connectivity index (χ2n) is 10.7. The second kappa shape index (κ2) is 8.88. The van der Waals surface area contributed by atoms with E-state index in [1.54, 1.807) is 0 Å². The minimum atomic E-state index is 0.725. The van der Waals surface area contributed by atoms with E-state index in [4.69, 9.17) is 9.97 Å². The first kappa shape index (κ1) is 23.0. The Balaban J connectivity index is 1.35. The van der Waals surface area contributed by atoms with Crippen LogP contribution in [0.2, 0.25) is 0 Å². The molecule has 3 heterocycles. The van der Waals surface area contributed by atoms with Crippen molar-refractivity contribution in [3.8, 4) is 22.8 Å². The van der Waals surface area contributed by atoms with Gasteiger partial charge in [-0.3, -0.25) is 0 Å². The first-order chi connectivity index (χ1) is 20.9. The van der Waals surface area contributed by atoms with Crippen molar-refractivity contribution in [3.05, 3.63) is 146 Å². The first-order valence-electron chi connectivity index (χ1n) is 14.2. The lowest BCUT2D eigenvalue weighted by Gasteiger charge is -2.10. The fourth-order valence-corrected chi connectivity index (χ4v) is 6.65. The predicted octanol–water partition coefficient (Wildman–Crippen LogP) is 9.49. The maximum atomic E-state index is 4.75. The van der Waals surface area contributed by atoms with Gasteiger partial charge in [-0.1, -0.05) is 97.1 Å². The molecule has 0 atom stereocenters. The Bertz CT molecular complexity index is 2430. The summed E-state index contributed by atoms with van der Waals surface area (Å²) in [5, 5.41) is 7.50. The second-order valence-corrected chi connectivity index (χ2v) is 10.7. The van der Waals surface area contributed by atoms with Gasteiger partial charge < -0.3 is 9.13 Å². The predicted molar refractivity (Wildman–Crippen MR) is 174 cm³/mol. The number of hydrogen-bond acceptors (Lipinski definition) is 2. The number of hydrogen-bond donors (Lipinski definition) is 0. The summed E-state index contributed by atoms with van der Waals surface area (Å²) in [5.41, 5.74) is 7.83. The summed E-state index contributed by atoms with van der Waals surface area (Å²) in [7, 11) is 0. The van der Waals surface area contributed by atoms with Gasteiger partial charge in [0.05, 0.1) is 40.1 Å². The SMILES string of the molecule is c1ccc(-c2ncc(-n3c4ccccc4c4c5ccc6c(c5ccc43)c3ccccc3n6-c3ccccc3)cn2)cc1. The Hall–Kier alpha value is -5.74. The Labute approximate surface area is 241 Å². The minimum absolute atomic E-state index is 0.725. The first-order valence-corrected chi connectivity index (χ1v) is 14.2. The highest BCUT2D eigenvalue weighted by atomic mass is 15.0. The summed E-state index contributed by atoms with van der Waals surface area (Å²) in [6.07, 6.45) is 3.87. The molecule has 6 aromatic carbocycles. The van der Waals surface area contributed by atoms with Crippen LogP contribution in [-0.4, -0.2) is 19.1 Å². The van der Waals surface area contributed by atoms with E-state index in [9.17, 15) is 0 Å². The van der Waals surface area contributed by atoms with Crippen molar-refractivity contribution in [1.29, 1.82) is 0 Å². The molecular formula is C38H24N4. The molecule has 0 aliphatic rings. The van der Waals surface area contributed by atoms with E-state index in [0.717, 1.165) is 28.1 Å². The Morgan fingerprint density at radius 1 is 0.357 bits per heavy atom. The molecule has 0 unspecified atom stereocenters. The summed E-state index contributed by atoms with van der Waals surface area (Å²) < 4.78 is 4.67. The summed E-state index contributed by atoms with van der Waals surface area (Å²) in [6, 6.07) is 47.2. The smallest absolute Gasteiger partial charge is 0.159 e. The third-order valence-electron chi connectivity index (χ3n) is 8.41. The Morgan fingerprint density at radius 2 is 0.833 bits per heavy atom. The summed E-state index contributed by atoms with van der Waals surface area (Å²) >= 11 is 0. The van der Waals surface area contributed by atoms with Gasteiger partial charge in [0.2, 0.25) is 0 Å². The molecule has 0 saturated carbocycles. The van der Waals surface area contributed by atoms with Gasteiger partial charge in [0, 0.05) is 32.8 Å². The average molecular weight is 537 g/mol. The maximum absolute atomic E-state index is 4.75. The summed E-state index contributed by atoms with van der Waals surface area (Å²) in [5.74, 6) is 0.725. The minimum Gasteiger partial charge on any atom is -0.309 e. The largest absolute Gasteiger partial charge is 0.309 e. The zero-order chi connectivity index (χ0) is 27.6. The molecular weight excluding hydrogens is 512 g/mol. The molecule has 0 fully saturated rings. The van der Waals surface area contributed by atoms with Gasteiger partial charge in [-0.25, -0.2) is 9.97 Å². The molecule has 9 rings (SSSR count). The topological polar surface area (TPSA) is 35.6 Å². The van der Waals surface area contributed by atoms with Crippen LogP contribution < -0.4 is 0 Å². The normalized spacial score (nSPS) is 11.8. The van der Waals surface area contributed by atoms with Gasteiger partial charge >= 0.3 is 0 Å². The molecule has 0 saturated heterocycles. The van der Waals surface area contributed by atoms with Gasteiger partial charge in [-0.2, -0.15) is 0 Å². The molecule has 0 radical (unpaired) electrons. The fraction of sp³-hybridized carbons (Fsp3) is 0. The number of aromatic nitrogens is 4. The molecule has 0 amide bonds. The molecule has 4 nitrogen and oxygen atoms in total. The Morgan fingerprint density at radius 3 is 1.40 bits per heavy atom. The molecule has 4 heteroatoms. The number of benzene rings is 6. The zero-order valence-corrected chi connectivity index (χ0v) is 22.6. The van der Waals surface area contributed by atoms with Crippen LogP contribution in [0.4, 0.5) is 0 Å². The van der Waals surface area contributed by atoms with Crippen LogP contribution in [-0.2, 0) is 0 Å². The highest BCUT2D eigenvalue weighted by Crippen LogP contribution is 2.42. The molecule has 0 aliphatic carbocycles. The van der Waals surface area contributed by atoms with E-state index in [-0.39, 0.29) is 0 Å². The van der Waals surface area contributed by atoms with Crippen LogP contribution in [0.3, 0.4) is 0 Å².